The van der Waals surface area contributed by atoms with Crippen molar-refractivity contribution in [3.8, 4) is 5.75 Å². The molecule has 0 saturated carbocycles. The Bertz CT molecular complexity index is 436. The van der Waals surface area contributed by atoms with E-state index < -0.39 is 5.54 Å². The van der Waals surface area contributed by atoms with Gasteiger partial charge >= 0.3 is 0 Å². The highest BCUT2D eigenvalue weighted by Gasteiger charge is 2.22. The van der Waals surface area contributed by atoms with Gasteiger partial charge in [0.05, 0.1) is 5.69 Å². The van der Waals surface area contributed by atoms with Crippen LogP contribution in [0.1, 0.15) is 32.8 Å². The van der Waals surface area contributed by atoms with Crippen LogP contribution in [0.4, 0.5) is 5.69 Å². The number of amides is 1. The largest absolute Gasteiger partial charge is 0.508 e. The van der Waals surface area contributed by atoms with Crippen LogP contribution >= 0.6 is 0 Å². The number of nitrogens with two attached hydrogens (primary N) is 1. The number of anilines is 1. The minimum absolute atomic E-state index is 0.0290. The summed E-state index contributed by atoms with van der Waals surface area (Å²) in [6.45, 7) is 8.03. The Balaban J connectivity index is 3.02. The molecule has 3 N–H and O–H groups in total. The fraction of sp³-hybridized carbons (Fsp3) is 0.500. The van der Waals surface area contributed by atoms with Crippen LogP contribution in [0.2, 0.25) is 0 Å². The summed E-state index contributed by atoms with van der Waals surface area (Å²) in [4.78, 5) is 13.9. The highest BCUT2D eigenvalue weighted by Crippen LogP contribution is 2.26. The van der Waals surface area contributed by atoms with Gasteiger partial charge in [0.25, 0.3) is 0 Å². The molecule has 0 aliphatic heterocycles. The van der Waals surface area contributed by atoms with Crippen LogP contribution in [-0.2, 0) is 4.79 Å². The van der Waals surface area contributed by atoms with Gasteiger partial charge in [-0.05, 0) is 39.3 Å². The van der Waals surface area contributed by atoms with Gasteiger partial charge in [-0.25, -0.2) is 0 Å². The summed E-state index contributed by atoms with van der Waals surface area (Å²) in [6.07, 6.45) is 0.274. The van der Waals surface area contributed by atoms with E-state index in [9.17, 15) is 9.90 Å². The number of phenols is 1. The van der Waals surface area contributed by atoms with Gasteiger partial charge in [0.15, 0.2) is 0 Å². The smallest absolute Gasteiger partial charge is 0.228 e. The van der Waals surface area contributed by atoms with Gasteiger partial charge in [-0.1, -0.05) is 6.07 Å². The van der Waals surface area contributed by atoms with E-state index in [1.54, 1.807) is 23.1 Å². The predicted molar refractivity (Wildman–Crippen MR) is 73.8 cm³/mol. The van der Waals surface area contributed by atoms with Crippen molar-refractivity contribution in [2.75, 3.05) is 11.4 Å². The molecule has 4 nitrogen and oxygen atoms in total. The monoisotopic (exact) mass is 250 g/mol. The molecule has 0 saturated heterocycles. The first-order valence-corrected chi connectivity index (χ1v) is 6.13. The lowest BCUT2D eigenvalue weighted by atomic mass is 10.0. The number of rotatable bonds is 4. The average Bonchev–Trinajstić information content (AvgIpc) is 2.21. The number of hydrogen-bond acceptors (Lipinski definition) is 3. The summed E-state index contributed by atoms with van der Waals surface area (Å²) in [7, 11) is 0. The van der Waals surface area contributed by atoms with Crippen molar-refractivity contribution in [2.45, 2.75) is 39.7 Å². The maximum atomic E-state index is 12.2. The maximum Gasteiger partial charge on any atom is 0.228 e. The summed E-state index contributed by atoms with van der Waals surface area (Å²) >= 11 is 0. The van der Waals surface area contributed by atoms with Crippen LogP contribution in [0.15, 0.2) is 18.2 Å². The molecule has 100 valence electrons. The molecule has 0 bridgehead atoms. The summed E-state index contributed by atoms with van der Waals surface area (Å²) in [5.41, 5.74) is 7.04. The van der Waals surface area contributed by atoms with Crippen LogP contribution in [0.5, 0.6) is 5.75 Å². The Morgan fingerprint density at radius 3 is 2.56 bits per heavy atom. The topological polar surface area (TPSA) is 66.6 Å². The number of hydrogen-bond donors (Lipinski definition) is 2. The van der Waals surface area contributed by atoms with E-state index in [1.807, 2.05) is 27.7 Å². The first-order valence-electron chi connectivity index (χ1n) is 6.13. The predicted octanol–water partition coefficient (Wildman–Crippen LogP) is 2.18. The third-order valence-corrected chi connectivity index (χ3v) is 2.71. The number of nitrogens with zero attached hydrogens (tertiary/aromatic N) is 1. The number of carbonyl (C=O) groups is 1. The van der Waals surface area contributed by atoms with Crippen LogP contribution in [-0.4, -0.2) is 23.1 Å². The van der Waals surface area contributed by atoms with Gasteiger partial charge in [0, 0.05) is 24.6 Å². The van der Waals surface area contributed by atoms with Crippen molar-refractivity contribution in [3.63, 3.8) is 0 Å². The Labute approximate surface area is 108 Å². The van der Waals surface area contributed by atoms with Gasteiger partial charge in [-0.2, -0.15) is 0 Å². The first-order chi connectivity index (χ1) is 8.24. The Kier molecular flexibility index (Phi) is 4.35. The zero-order valence-corrected chi connectivity index (χ0v) is 11.5. The van der Waals surface area contributed by atoms with Gasteiger partial charge in [-0.3, -0.25) is 4.79 Å². The summed E-state index contributed by atoms with van der Waals surface area (Å²) in [6, 6.07) is 5.03. The summed E-state index contributed by atoms with van der Waals surface area (Å²) < 4.78 is 0. The molecular formula is C14H22N2O2. The van der Waals surface area contributed by atoms with Gasteiger partial charge in [0.2, 0.25) is 5.91 Å². The van der Waals surface area contributed by atoms with Crippen LogP contribution in [0.3, 0.4) is 0 Å². The number of carbonyl (C=O) groups excluding carboxylic acids is 1. The van der Waals surface area contributed by atoms with Crippen molar-refractivity contribution in [2.24, 2.45) is 5.73 Å². The fourth-order valence-electron chi connectivity index (χ4n) is 1.85. The van der Waals surface area contributed by atoms with E-state index in [1.165, 1.54) is 0 Å². The zero-order valence-electron chi connectivity index (χ0n) is 11.5. The van der Waals surface area contributed by atoms with Crippen molar-refractivity contribution in [3.05, 3.63) is 23.8 Å². The number of aromatic hydroxyl groups is 1. The molecule has 1 rings (SSSR count). The highest BCUT2D eigenvalue weighted by atomic mass is 16.3. The standard InChI is InChI=1S/C14H22N2O2/c1-5-16(13(18)9-14(3,4)15)12-8-11(17)7-6-10(12)2/h6-8,17H,5,9,15H2,1-4H3. The Morgan fingerprint density at radius 1 is 1.44 bits per heavy atom. The zero-order chi connectivity index (χ0) is 13.9. The van der Waals surface area contributed by atoms with E-state index in [4.69, 9.17) is 5.73 Å². The van der Waals surface area contributed by atoms with E-state index >= 15 is 0 Å². The molecule has 0 fully saturated rings. The Hall–Kier alpha value is -1.55. The third-order valence-electron chi connectivity index (χ3n) is 2.71. The molecule has 0 atom stereocenters. The Morgan fingerprint density at radius 2 is 2.06 bits per heavy atom. The minimum Gasteiger partial charge on any atom is -0.508 e. The first kappa shape index (κ1) is 14.5. The van der Waals surface area contributed by atoms with Crippen molar-refractivity contribution < 1.29 is 9.90 Å². The molecule has 0 aromatic heterocycles. The normalized spacial score (nSPS) is 11.4. The summed E-state index contributed by atoms with van der Waals surface area (Å²) in [5.74, 6) is 0.132. The lowest BCUT2D eigenvalue weighted by Crippen LogP contribution is -2.41. The molecule has 18 heavy (non-hydrogen) atoms. The van der Waals surface area contributed by atoms with Crippen LogP contribution in [0, 0.1) is 6.92 Å². The fourth-order valence-corrected chi connectivity index (χ4v) is 1.85. The van der Waals surface area contributed by atoms with Crippen molar-refractivity contribution >= 4 is 11.6 Å². The summed E-state index contributed by atoms with van der Waals surface area (Å²) in [5, 5.41) is 9.53. The van der Waals surface area contributed by atoms with Gasteiger partial charge in [-0.15, -0.1) is 0 Å². The highest BCUT2D eigenvalue weighted by molar-refractivity contribution is 5.94. The van der Waals surface area contributed by atoms with Crippen LogP contribution < -0.4 is 10.6 Å². The number of phenolic OH excluding ortho intramolecular Hbond substituents is 1. The van der Waals surface area contributed by atoms with Crippen molar-refractivity contribution in [1.82, 2.24) is 0 Å². The third kappa shape index (κ3) is 3.74. The van der Waals surface area contributed by atoms with Crippen LogP contribution in [0.25, 0.3) is 0 Å². The second-order valence-corrected chi connectivity index (χ2v) is 5.27. The van der Waals surface area contributed by atoms with E-state index in [0.717, 1.165) is 11.3 Å². The molecule has 1 aromatic carbocycles. The van der Waals surface area contributed by atoms with Gasteiger partial charge < -0.3 is 15.7 Å². The lowest BCUT2D eigenvalue weighted by Gasteiger charge is -2.27. The number of benzene rings is 1. The molecule has 4 heteroatoms. The van der Waals surface area contributed by atoms with E-state index in [0.29, 0.717) is 6.54 Å². The van der Waals surface area contributed by atoms with Crippen molar-refractivity contribution in [1.29, 1.82) is 0 Å². The molecule has 0 aliphatic carbocycles. The van der Waals surface area contributed by atoms with E-state index in [-0.39, 0.29) is 18.1 Å². The molecule has 0 spiro atoms. The minimum atomic E-state index is -0.533. The molecule has 0 unspecified atom stereocenters. The quantitative estimate of drug-likeness (QED) is 0.860. The number of aryl methyl sites for hydroxylation is 1. The molecule has 0 heterocycles. The molecule has 1 amide bonds. The SMILES string of the molecule is CCN(C(=O)CC(C)(C)N)c1cc(O)ccc1C. The second kappa shape index (κ2) is 5.40. The second-order valence-electron chi connectivity index (χ2n) is 5.27. The molecule has 1 aromatic rings. The average molecular weight is 250 g/mol. The van der Waals surface area contributed by atoms with Gasteiger partial charge in [0.1, 0.15) is 5.75 Å². The van der Waals surface area contributed by atoms with E-state index in [2.05, 4.69) is 0 Å². The molecule has 0 radical (unpaired) electrons. The maximum absolute atomic E-state index is 12.2. The molecule has 0 aliphatic rings. The lowest BCUT2D eigenvalue weighted by molar-refractivity contribution is -0.119. The molecular weight excluding hydrogens is 228 g/mol.